The van der Waals surface area contributed by atoms with E-state index in [9.17, 15) is 0 Å². The summed E-state index contributed by atoms with van der Waals surface area (Å²) in [5, 5.41) is 0. The number of aromatic nitrogens is 2. The first-order valence-electron chi connectivity index (χ1n) is 2.87. The minimum Gasteiger partial charge on any atom is -0.260 e. The normalized spacial score (nSPS) is 8.10. The molecule has 0 amide bonds. The molecule has 0 N–H and O–H groups in total. The maximum absolute atomic E-state index is 3.98. The predicted octanol–water partition coefficient (Wildman–Crippen LogP) is 0.538. The highest BCUT2D eigenvalue weighted by Gasteiger charge is 1.81. The SMILES string of the molecule is C[Si]C#Cc1cnccn1. The molecule has 0 bridgehead atoms. The summed E-state index contributed by atoms with van der Waals surface area (Å²) in [6.45, 7) is 2.03. The first-order chi connectivity index (χ1) is 4.93. The van der Waals surface area contributed by atoms with Crippen molar-refractivity contribution in [3.63, 3.8) is 0 Å². The third-order valence-corrected chi connectivity index (χ3v) is 1.25. The molecular weight excluding hydrogens is 140 g/mol. The third kappa shape index (κ3) is 2.00. The molecule has 0 atom stereocenters. The summed E-state index contributed by atoms with van der Waals surface area (Å²) < 4.78 is 0. The van der Waals surface area contributed by atoms with Crippen molar-refractivity contribution in [3.05, 3.63) is 24.3 Å². The van der Waals surface area contributed by atoms with Crippen LogP contribution in [0.3, 0.4) is 0 Å². The Morgan fingerprint density at radius 1 is 1.50 bits per heavy atom. The highest BCUT2D eigenvalue weighted by Crippen LogP contribution is 1.83. The minimum absolute atomic E-state index is 0.654. The van der Waals surface area contributed by atoms with Gasteiger partial charge in [-0.25, -0.2) is 4.98 Å². The molecule has 0 fully saturated rings. The van der Waals surface area contributed by atoms with Gasteiger partial charge in [-0.1, -0.05) is 12.5 Å². The molecule has 1 aromatic rings. The van der Waals surface area contributed by atoms with Crippen molar-refractivity contribution in [2.24, 2.45) is 0 Å². The second kappa shape index (κ2) is 3.80. The first kappa shape index (κ1) is 6.97. The van der Waals surface area contributed by atoms with Crippen molar-refractivity contribution < 1.29 is 0 Å². The molecule has 10 heavy (non-hydrogen) atoms. The molecule has 0 aliphatic carbocycles. The summed E-state index contributed by atoms with van der Waals surface area (Å²) in [7, 11) is 0.654. The largest absolute Gasteiger partial charge is 0.260 e. The van der Waals surface area contributed by atoms with Crippen LogP contribution in [0.5, 0.6) is 0 Å². The zero-order chi connectivity index (χ0) is 7.23. The Morgan fingerprint density at radius 2 is 2.40 bits per heavy atom. The Hall–Kier alpha value is -1.14. The minimum atomic E-state index is 0.654. The smallest absolute Gasteiger partial charge is 0.145 e. The van der Waals surface area contributed by atoms with E-state index in [0.29, 0.717) is 9.52 Å². The lowest BCUT2D eigenvalue weighted by molar-refractivity contribution is 1.17. The number of hydrogen-bond acceptors (Lipinski definition) is 2. The molecule has 0 saturated carbocycles. The van der Waals surface area contributed by atoms with Gasteiger partial charge < -0.3 is 0 Å². The third-order valence-electron chi connectivity index (χ3n) is 0.879. The van der Waals surface area contributed by atoms with Gasteiger partial charge in [-0.2, -0.15) is 0 Å². The summed E-state index contributed by atoms with van der Waals surface area (Å²) in [6, 6.07) is 0. The molecule has 0 aromatic carbocycles. The molecule has 3 heteroatoms. The van der Waals surface area contributed by atoms with Crippen LogP contribution in [0.1, 0.15) is 5.69 Å². The van der Waals surface area contributed by atoms with Crippen LogP contribution in [-0.4, -0.2) is 19.5 Å². The van der Waals surface area contributed by atoms with Gasteiger partial charge in [-0.05, 0) is 0 Å². The van der Waals surface area contributed by atoms with Crippen molar-refractivity contribution in [2.75, 3.05) is 0 Å². The molecular formula is C7H6N2Si. The lowest BCUT2D eigenvalue weighted by Gasteiger charge is -1.83. The van der Waals surface area contributed by atoms with E-state index < -0.39 is 0 Å². The van der Waals surface area contributed by atoms with Gasteiger partial charge in [0.25, 0.3) is 0 Å². The van der Waals surface area contributed by atoms with Crippen molar-refractivity contribution >= 4 is 9.52 Å². The Kier molecular flexibility index (Phi) is 2.65. The quantitative estimate of drug-likeness (QED) is 0.394. The maximum atomic E-state index is 3.98. The fraction of sp³-hybridized carbons (Fsp3) is 0.143. The van der Waals surface area contributed by atoms with Crippen LogP contribution in [0.25, 0.3) is 0 Å². The van der Waals surface area contributed by atoms with E-state index in [1.165, 1.54) is 0 Å². The van der Waals surface area contributed by atoms with Crippen LogP contribution < -0.4 is 0 Å². The van der Waals surface area contributed by atoms with Gasteiger partial charge in [0.05, 0.1) is 6.20 Å². The van der Waals surface area contributed by atoms with E-state index in [-0.39, 0.29) is 0 Å². The molecule has 1 heterocycles. The number of hydrogen-bond donors (Lipinski definition) is 0. The van der Waals surface area contributed by atoms with Gasteiger partial charge in [-0.3, -0.25) is 4.98 Å². The lowest BCUT2D eigenvalue weighted by atomic mass is 10.5. The number of nitrogens with zero attached hydrogens (tertiary/aromatic N) is 2. The summed E-state index contributed by atoms with van der Waals surface area (Å²) in [6.07, 6.45) is 4.94. The van der Waals surface area contributed by atoms with Crippen LogP contribution in [0.4, 0.5) is 0 Å². The fourth-order valence-corrected chi connectivity index (χ4v) is 0.743. The van der Waals surface area contributed by atoms with Gasteiger partial charge in [0.15, 0.2) is 0 Å². The highest BCUT2D eigenvalue weighted by atomic mass is 28.2. The monoisotopic (exact) mass is 146 g/mol. The van der Waals surface area contributed by atoms with E-state index in [4.69, 9.17) is 0 Å². The van der Waals surface area contributed by atoms with E-state index >= 15 is 0 Å². The topological polar surface area (TPSA) is 25.8 Å². The molecule has 0 spiro atoms. The Morgan fingerprint density at radius 3 is 3.00 bits per heavy atom. The van der Waals surface area contributed by atoms with Gasteiger partial charge in [0.1, 0.15) is 15.2 Å². The van der Waals surface area contributed by atoms with Crippen LogP contribution in [0.15, 0.2) is 18.6 Å². The molecule has 0 unspecified atom stereocenters. The van der Waals surface area contributed by atoms with Crippen molar-refractivity contribution in [1.82, 2.24) is 9.97 Å². The van der Waals surface area contributed by atoms with Crippen LogP contribution in [0, 0.1) is 11.5 Å². The Balaban J connectivity index is 2.76. The van der Waals surface area contributed by atoms with E-state index in [2.05, 4.69) is 21.4 Å². The Bertz CT molecular complexity index is 247. The average Bonchev–Trinajstić information content (AvgIpc) is 2.03. The van der Waals surface area contributed by atoms with Gasteiger partial charge in [-0.15, -0.1) is 5.54 Å². The zero-order valence-corrected chi connectivity index (χ0v) is 6.63. The van der Waals surface area contributed by atoms with Gasteiger partial charge in [0.2, 0.25) is 0 Å². The molecule has 2 radical (unpaired) electrons. The molecule has 0 aliphatic rings. The van der Waals surface area contributed by atoms with E-state index in [1.54, 1.807) is 18.6 Å². The van der Waals surface area contributed by atoms with E-state index in [1.807, 2.05) is 6.55 Å². The second-order valence-corrected chi connectivity index (χ2v) is 2.34. The predicted molar refractivity (Wildman–Crippen MR) is 40.5 cm³/mol. The highest BCUT2D eigenvalue weighted by molar-refractivity contribution is 6.44. The van der Waals surface area contributed by atoms with Crippen LogP contribution >= 0.6 is 0 Å². The van der Waals surface area contributed by atoms with Crippen LogP contribution in [0.2, 0.25) is 6.55 Å². The van der Waals surface area contributed by atoms with Crippen molar-refractivity contribution in [3.8, 4) is 11.5 Å². The van der Waals surface area contributed by atoms with Crippen molar-refractivity contribution in [1.29, 1.82) is 0 Å². The summed E-state index contributed by atoms with van der Waals surface area (Å²) in [5.41, 5.74) is 3.69. The van der Waals surface area contributed by atoms with Gasteiger partial charge >= 0.3 is 0 Å². The van der Waals surface area contributed by atoms with Crippen LogP contribution in [-0.2, 0) is 0 Å². The van der Waals surface area contributed by atoms with Crippen molar-refractivity contribution in [2.45, 2.75) is 6.55 Å². The standard InChI is InChI=1S/C7H6N2Si/c1-10-5-2-7-6-8-3-4-9-7/h3-4,6H,1H3. The molecule has 0 aliphatic heterocycles. The fourth-order valence-electron chi connectivity index (χ4n) is 0.490. The lowest BCUT2D eigenvalue weighted by Crippen LogP contribution is -1.82. The summed E-state index contributed by atoms with van der Waals surface area (Å²) >= 11 is 0. The average molecular weight is 146 g/mol. The number of rotatable bonds is 0. The summed E-state index contributed by atoms with van der Waals surface area (Å²) in [5.74, 6) is 2.88. The second-order valence-electron chi connectivity index (χ2n) is 1.59. The molecule has 1 rings (SSSR count). The molecule has 0 saturated heterocycles. The molecule has 2 nitrogen and oxygen atoms in total. The Labute approximate surface area is 62.5 Å². The molecule has 1 aromatic heterocycles. The molecule has 48 valence electrons. The first-order valence-corrected chi connectivity index (χ1v) is 4.37. The maximum Gasteiger partial charge on any atom is 0.145 e. The zero-order valence-electron chi connectivity index (χ0n) is 5.63. The van der Waals surface area contributed by atoms with Gasteiger partial charge in [0, 0.05) is 12.4 Å². The summed E-state index contributed by atoms with van der Waals surface area (Å²) in [4.78, 5) is 7.86. The van der Waals surface area contributed by atoms with E-state index in [0.717, 1.165) is 5.69 Å².